The van der Waals surface area contributed by atoms with Crippen LogP contribution < -0.4 is 0 Å². The molecule has 0 bridgehead atoms. The van der Waals surface area contributed by atoms with Crippen LogP contribution in [0.25, 0.3) is 0 Å². The zero-order valence-corrected chi connectivity index (χ0v) is 30.9. The SMILES string of the molecule is CO[Si](CCCOCC(O)CCc1cc(Cc2ccc(O)c(CCC(O)COCCC[Si](OC)(OC)OC)c2)ccc1O)(OC)OC. The minimum atomic E-state index is -2.63. The van der Waals surface area contributed by atoms with Gasteiger partial charge in [-0.1, -0.05) is 24.3 Å². The molecule has 14 heteroatoms. The normalized spacial score (nSPS) is 13.6. The Morgan fingerprint density at radius 1 is 0.574 bits per heavy atom. The highest BCUT2D eigenvalue weighted by molar-refractivity contribution is 6.60. The van der Waals surface area contributed by atoms with Gasteiger partial charge in [-0.2, -0.15) is 0 Å². The fourth-order valence-corrected chi connectivity index (χ4v) is 8.66. The molecule has 0 aliphatic rings. The van der Waals surface area contributed by atoms with Crippen molar-refractivity contribution in [2.24, 2.45) is 0 Å². The number of phenols is 2. The molecule has 0 fully saturated rings. The molecule has 12 nitrogen and oxygen atoms in total. The highest BCUT2D eigenvalue weighted by Gasteiger charge is 2.37. The summed E-state index contributed by atoms with van der Waals surface area (Å²) in [6, 6.07) is 12.2. The molecule has 0 spiro atoms. The third kappa shape index (κ3) is 14.2. The van der Waals surface area contributed by atoms with E-state index in [1.807, 2.05) is 24.3 Å². The average molecular weight is 701 g/mol. The quantitative estimate of drug-likeness (QED) is 0.0833. The zero-order chi connectivity index (χ0) is 34.7. The summed E-state index contributed by atoms with van der Waals surface area (Å²) in [5.74, 6) is 0.365. The largest absolute Gasteiger partial charge is 0.508 e. The Hall–Kier alpha value is -1.93. The predicted molar refractivity (Wildman–Crippen MR) is 182 cm³/mol. The lowest BCUT2D eigenvalue weighted by molar-refractivity contribution is 0.0309. The summed E-state index contributed by atoms with van der Waals surface area (Å²) >= 11 is 0. The van der Waals surface area contributed by atoms with Crippen LogP contribution in [-0.2, 0) is 55.3 Å². The number of phenolic OH excluding ortho intramolecular Hbond substituents is 2. The molecule has 2 aromatic carbocycles. The highest BCUT2D eigenvalue weighted by atomic mass is 28.4. The van der Waals surface area contributed by atoms with E-state index in [-0.39, 0.29) is 24.7 Å². The number of aliphatic hydroxyl groups excluding tert-OH is 2. The van der Waals surface area contributed by atoms with Gasteiger partial charge in [-0.3, -0.25) is 0 Å². The van der Waals surface area contributed by atoms with Crippen LogP contribution in [0.1, 0.15) is 47.9 Å². The summed E-state index contributed by atoms with van der Waals surface area (Å²) in [5, 5.41) is 41.8. The molecule has 0 saturated heterocycles. The third-order valence-corrected chi connectivity index (χ3v) is 13.9. The highest BCUT2D eigenvalue weighted by Crippen LogP contribution is 2.26. The van der Waals surface area contributed by atoms with Gasteiger partial charge in [-0.05, 0) is 79.3 Å². The predicted octanol–water partition coefficient (Wildman–Crippen LogP) is 3.85. The van der Waals surface area contributed by atoms with Crippen molar-refractivity contribution in [3.05, 3.63) is 58.7 Å². The Morgan fingerprint density at radius 2 is 0.936 bits per heavy atom. The van der Waals surface area contributed by atoms with Crippen LogP contribution in [0.5, 0.6) is 11.5 Å². The van der Waals surface area contributed by atoms with E-state index in [2.05, 4.69) is 0 Å². The van der Waals surface area contributed by atoms with E-state index in [1.165, 1.54) is 0 Å². The maximum absolute atomic E-state index is 10.4. The molecule has 0 saturated carbocycles. The number of aromatic hydroxyl groups is 2. The van der Waals surface area contributed by atoms with Gasteiger partial charge in [0.25, 0.3) is 0 Å². The first-order valence-corrected chi connectivity index (χ1v) is 19.9. The monoisotopic (exact) mass is 700 g/mol. The second-order valence-electron chi connectivity index (χ2n) is 11.4. The van der Waals surface area contributed by atoms with Crippen LogP contribution >= 0.6 is 0 Å². The smallest absolute Gasteiger partial charge is 0.500 e. The standard InChI is InChI=1S/C33H56O12Si2/c1-38-46(39-2,40-3)19-7-17-44-24-30(34)13-11-28-22-26(9-15-32(28)36)21-27-10-16-33(37)29(23-27)12-14-31(35)25-45-18-8-20-47(41-4,42-5)43-6/h9-10,15-16,22-23,30-31,34-37H,7-8,11-14,17-21,24-25H2,1-6H3. The first-order chi connectivity index (χ1) is 22.6. The zero-order valence-electron chi connectivity index (χ0n) is 28.9. The van der Waals surface area contributed by atoms with Gasteiger partial charge >= 0.3 is 17.6 Å². The number of rotatable bonds is 26. The van der Waals surface area contributed by atoms with Gasteiger partial charge in [0, 0.05) is 68.0 Å². The number of hydrogen-bond acceptors (Lipinski definition) is 12. The van der Waals surface area contributed by atoms with Crippen molar-refractivity contribution < 1.29 is 56.5 Å². The van der Waals surface area contributed by atoms with Crippen LogP contribution in [0.3, 0.4) is 0 Å². The molecule has 268 valence electrons. The third-order valence-electron chi connectivity index (χ3n) is 8.22. The molecule has 2 atom stereocenters. The van der Waals surface area contributed by atoms with E-state index in [1.54, 1.807) is 54.8 Å². The van der Waals surface area contributed by atoms with Gasteiger partial charge in [0.05, 0.1) is 25.4 Å². The van der Waals surface area contributed by atoms with Crippen molar-refractivity contribution in [3.8, 4) is 11.5 Å². The van der Waals surface area contributed by atoms with Crippen molar-refractivity contribution in [1.29, 1.82) is 0 Å². The molecular formula is C33H56O12Si2. The lowest BCUT2D eigenvalue weighted by Gasteiger charge is -2.24. The molecule has 47 heavy (non-hydrogen) atoms. The first-order valence-electron chi connectivity index (χ1n) is 16.0. The van der Waals surface area contributed by atoms with Gasteiger partial charge in [0.1, 0.15) is 11.5 Å². The molecule has 4 N–H and O–H groups in total. The molecule has 0 heterocycles. The molecule has 0 aromatic heterocycles. The van der Waals surface area contributed by atoms with Gasteiger partial charge in [-0.25, -0.2) is 0 Å². The Morgan fingerprint density at radius 3 is 1.28 bits per heavy atom. The number of ether oxygens (including phenoxy) is 2. The molecule has 2 unspecified atom stereocenters. The minimum Gasteiger partial charge on any atom is -0.508 e. The number of benzene rings is 2. The van der Waals surface area contributed by atoms with Crippen molar-refractivity contribution in [2.75, 3.05) is 69.1 Å². The molecule has 0 radical (unpaired) electrons. The molecule has 2 rings (SSSR count). The summed E-state index contributed by atoms with van der Waals surface area (Å²) in [6.45, 7) is 1.29. The van der Waals surface area contributed by atoms with E-state index in [9.17, 15) is 20.4 Å². The lowest BCUT2D eigenvalue weighted by atomic mass is 9.97. The Balaban J connectivity index is 1.80. The van der Waals surface area contributed by atoms with Crippen LogP contribution in [0.4, 0.5) is 0 Å². The Bertz CT molecular complexity index is 1040. The van der Waals surface area contributed by atoms with Gasteiger partial charge in [0.2, 0.25) is 0 Å². The minimum absolute atomic E-state index is 0.182. The second-order valence-corrected chi connectivity index (χ2v) is 17.6. The Labute approximate surface area is 282 Å². The van der Waals surface area contributed by atoms with E-state index >= 15 is 0 Å². The summed E-state index contributed by atoms with van der Waals surface area (Å²) in [5.41, 5.74) is 3.50. The molecule has 0 aliphatic carbocycles. The van der Waals surface area contributed by atoms with Crippen molar-refractivity contribution in [1.82, 2.24) is 0 Å². The van der Waals surface area contributed by atoms with Gasteiger partial charge in [0.15, 0.2) is 0 Å². The van der Waals surface area contributed by atoms with E-state index in [0.29, 0.717) is 70.2 Å². The van der Waals surface area contributed by atoms with Crippen LogP contribution in [0, 0.1) is 0 Å². The summed E-state index contributed by atoms with van der Waals surface area (Å²) in [4.78, 5) is 0. The fraction of sp³-hybridized carbons (Fsp3) is 0.636. The second kappa shape index (κ2) is 21.9. The maximum atomic E-state index is 10.4. The maximum Gasteiger partial charge on any atom is 0.500 e. The lowest BCUT2D eigenvalue weighted by Crippen LogP contribution is -2.42. The van der Waals surface area contributed by atoms with Gasteiger partial charge < -0.3 is 56.5 Å². The van der Waals surface area contributed by atoms with Crippen molar-refractivity contribution in [3.63, 3.8) is 0 Å². The first kappa shape index (κ1) is 41.2. The van der Waals surface area contributed by atoms with E-state index in [4.69, 9.17) is 36.0 Å². The molecule has 0 aliphatic heterocycles. The summed E-state index contributed by atoms with van der Waals surface area (Å²) < 4.78 is 43.7. The number of aliphatic hydroxyl groups is 2. The van der Waals surface area contributed by atoms with Crippen LogP contribution in [-0.4, -0.2) is 119 Å². The van der Waals surface area contributed by atoms with Crippen LogP contribution in [0.15, 0.2) is 36.4 Å². The molecule has 2 aromatic rings. The fourth-order valence-electron chi connectivity index (χ4n) is 5.28. The molecule has 0 amide bonds. The summed E-state index contributed by atoms with van der Waals surface area (Å²) in [7, 11) is 4.20. The van der Waals surface area contributed by atoms with Crippen molar-refractivity contribution in [2.45, 2.75) is 69.2 Å². The van der Waals surface area contributed by atoms with Crippen molar-refractivity contribution >= 4 is 17.6 Å². The number of aryl methyl sites for hydroxylation is 2. The Kier molecular flexibility index (Phi) is 19.2. The van der Waals surface area contributed by atoms with Crippen LogP contribution in [0.2, 0.25) is 12.1 Å². The van der Waals surface area contributed by atoms with E-state index < -0.39 is 29.8 Å². The topological polar surface area (TPSA) is 155 Å². The van der Waals surface area contributed by atoms with E-state index in [0.717, 1.165) is 22.3 Å². The summed E-state index contributed by atoms with van der Waals surface area (Å²) in [6.07, 6.45) is 2.50. The number of hydrogen-bond donors (Lipinski definition) is 4. The van der Waals surface area contributed by atoms with Gasteiger partial charge in [-0.15, -0.1) is 0 Å². The average Bonchev–Trinajstić information content (AvgIpc) is 3.09. The molecular weight excluding hydrogens is 645 g/mol.